The smallest absolute Gasteiger partial charge is 0.409 e. The molecule has 1 heterocycles. The van der Waals surface area contributed by atoms with Gasteiger partial charge in [-0.05, 0) is 19.8 Å². The van der Waals surface area contributed by atoms with Gasteiger partial charge in [0.25, 0.3) is 0 Å². The molecule has 1 rings (SSSR count). The summed E-state index contributed by atoms with van der Waals surface area (Å²) >= 11 is 0. The summed E-state index contributed by atoms with van der Waals surface area (Å²) in [7, 11) is 0. The maximum absolute atomic E-state index is 10.6. The quantitative estimate of drug-likeness (QED) is 0.474. The highest BCUT2D eigenvalue weighted by Crippen LogP contribution is 2.24. The summed E-state index contributed by atoms with van der Waals surface area (Å²) in [5.41, 5.74) is 4.17. The van der Waals surface area contributed by atoms with Crippen LogP contribution in [0.1, 0.15) is 19.8 Å². The van der Waals surface area contributed by atoms with Crippen LogP contribution in [0.2, 0.25) is 0 Å². The molecule has 0 aliphatic carbocycles. The predicted molar refractivity (Wildman–Crippen MR) is 42.6 cm³/mol. The van der Waals surface area contributed by atoms with Crippen molar-refractivity contribution < 1.29 is 15.0 Å². The Morgan fingerprint density at radius 1 is 1.75 bits per heavy atom. The Balaban J connectivity index is 2.79. The number of nitrogens with zero attached hydrogens (tertiary/aromatic N) is 1. The predicted octanol–water partition coefficient (Wildman–Crippen LogP) is -0.204. The fourth-order valence-electron chi connectivity index (χ4n) is 1.46. The monoisotopic (exact) mass is 174 g/mol. The number of amides is 1. The molecule has 0 aromatic carbocycles. The van der Waals surface area contributed by atoms with Gasteiger partial charge in [0, 0.05) is 6.54 Å². The molecule has 1 fully saturated rings. The summed E-state index contributed by atoms with van der Waals surface area (Å²) in [6.45, 7) is 1.79. The molecular weight excluding hydrogens is 160 g/mol. The van der Waals surface area contributed by atoms with Gasteiger partial charge in [0.05, 0.1) is 6.04 Å². The van der Waals surface area contributed by atoms with Crippen LogP contribution in [0, 0.1) is 0 Å². The minimum atomic E-state index is -1.41. The SMILES string of the molecule is CC1(O)C(N)CCCN1C(=O)O. The highest BCUT2D eigenvalue weighted by Gasteiger charge is 2.41. The Kier molecular flexibility index (Phi) is 2.25. The van der Waals surface area contributed by atoms with E-state index in [4.69, 9.17) is 10.8 Å². The van der Waals surface area contributed by atoms with E-state index in [0.717, 1.165) is 4.90 Å². The first-order valence-corrected chi connectivity index (χ1v) is 3.95. The van der Waals surface area contributed by atoms with Gasteiger partial charge >= 0.3 is 6.09 Å². The van der Waals surface area contributed by atoms with Gasteiger partial charge in [-0.2, -0.15) is 0 Å². The molecule has 4 N–H and O–H groups in total. The highest BCUT2D eigenvalue weighted by atomic mass is 16.4. The van der Waals surface area contributed by atoms with Gasteiger partial charge < -0.3 is 15.9 Å². The molecule has 5 nitrogen and oxygen atoms in total. The van der Waals surface area contributed by atoms with Gasteiger partial charge in [-0.3, -0.25) is 4.90 Å². The molecule has 0 aromatic heterocycles. The van der Waals surface area contributed by atoms with E-state index in [0.29, 0.717) is 19.4 Å². The molecule has 0 spiro atoms. The third-order valence-electron chi connectivity index (χ3n) is 2.38. The van der Waals surface area contributed by atoms with E-state index in [2.05, 4.69) is 0 Å². The van der Waals surface area contributed by atoms with E-state index in [9.17, 15) is 9.90 Å². The van der Waals surface area contributed by atoms with E-state index in [1.54, 1.807) is 0 Å². The Morgan fingerprint density at radius 3 is 2.75 bits per heavy atom. The molecule has 12 heavy (non-hydrogen) atoms. The average molecular weight is 174 g/mol. The third-order valence-corrected chi connectivity index (χ3v) is 2.38. The van der Waals surface area contributed by atoms with Crippen molar-refractivity contribution in [2.45, 2.75) is 31.5 Å². The van der Waals surface area contributed by atoms with Crippen molar-refractivity contribution in [1.29, 1.82) is 0 Å². The molecule has 1 aliphatic rings. The van der Waals surface area contributed by atoms with Crippen LogP contribution in [0.4, 0.5) is 4.79 Å². The second-order valence-electron chi connectivity index (χ2n) is 3.28. The summed E-state index contributed by atoms with van der Waals surface area (Å²) in [4.78, 5) is 11.6. The summed E-state index contributed by atoms with van der Waals surface area (Å²) in [5, 5.41) is 18.4. The van der Waals surface area contributed by atoms with E-state index < -0.39 is 17.9 Å². The summed E-state index contributed by atoms with van der Waals surface area (Å²) in [6.07, 6.45) is 0.260. The van der Waals surface area contributed by atoms with Crippen LogP contribution in [0.15, 0.2) is 0 Å². The number of hydrogen-bond donors (Lipinski definition) is 3. The molecular formula is C7H14N2O3. The van der Waals surface area contributed by atoms with Crippen LogP contribution < -0.4 is 5.73 Å². The van der Waals surface area contributed by atoms with Crippen LogP contribution in [0.3, 0.4) is 0 Å². The number of hydrogen-bond acceptors (Lipinski definition) is 3. The molecule has 1 aliphatic heterocycles. The zero-order valence-corrected chi connectivity index (χ0v) is 7.03. The Hall–Kier alpha value is -0.810. The minimum absolute atomic E-state index is 0.357. The number of aliphatic hydroxyl groups is 1. The summed E-state index contributed by atoms with van der Waals surface area (Å²) in [6, 6.07) is -0.484. The largest absolute Gasteiger partial charge is 0.465 e. The van der Waals surface area contributed by atoms with Crippen LogP contribution >= 0.6 is 0 Å². The van der Waals surface area contributed by atoms with Gasteiger partial charge in [0.1, 0.15) is 0 Å². The molecule has 1 amide bonds. The fourth-order valence-corrected chi connectivity index (χ4v) is 1.46. The number of likely N-dealkylation sites (tertiary alicyclic amines) is 1. The molecule has 5 heteroatoms. The number of nitrogens with two attached hydrogens (primary N) is 1. The lowest BCUT2D eigenvalue weighted by atomic mass is 9.95. The standard InChI is InChI=1S/C7H14N2O3/c1-7(12)5(8)3-2-4-9(7)6(10)11/h5,12H,2-4,8H2,1H3,(H,10,11). The van der Waals surface area contributed by atoms with Crippen molar-refractivity contribution in [2.75, 3.05) is 6.54 Å². The molecule has 2 unspecified atom stereocenters. The third kappa shape index (κ3) is 1.37. The van der Waals surface area contributed by atoms with E-state index in [1.807, 2.05) is 0 Å². The van der Waals surface area contributed by atoms with Gasteiger partial charge in [0.2, 0.25) is 0 Å². The van der Waals surface area contributed by atoms with Gasteiger partial charge in [-0.1, -0.05) is 0 Å². The minimum Gasteiger partial charge on any atom is -0.465 e. The summed E-state index contributed by atoms with van der Waals surface area (Å²) in [5.74, 6) is 0. The van der Waals surface area contributed by atoms with Gasteiger partial charge in [-0.25, -0.2) is 4.79 Å². The number of carboxylic acid groups (broad SMARTS) is 1. The first-order chi connectivity index (χ1) is 5.46. The molecule has 1 saturated heterocycles. The maximum Gasteiger partial charge on any atom is 0.409 e. The molecule has 0 radical (unpaired) electrons. The number of rotatable bonds is 0. The van der Waals surface area contributed by atoms with Crippen LogP contribution in [0.5, 0.6) is 0 Å². The fraction of sp³-hybridized carbons (Fsp3) is 0.857. The second kappa shape index (κ2) is 2.91. The van der Waals surface area contributed by atoms with Crippen molar-refractivity contribution in [3.05, 3.63) is 0 Å². The molecule has 0 aromatic rings. The molecule has 0 saturated carbocycles. The van der Waals surface area contributed by atoms with Gasteiger partial charge in [-0.15, -0.1) is 0 Å². The Bertz CT molecular complexity index is 193. The lowest BCUT2D eigenvalue weighted by Crippen LogP contribution is -2.62. The van der Waals surface area contributed by atoms with Crippen LogP contribution in [-0.4, -0.2) is 39.5 Å². The van der Waals surface area contributed by atoms with Crippen molar-refractivity contribution in [2.24, 2.45) is 5.73 Å². The second-order valence-corrected chi connectivity index (χ2v) is 3.28. The molecule has 2 atom stereocenters. The van der Waals surface area contributed by atoms with E-state index in [-0.39, 0.29) is 0 Å². The average Bonchev–Trinajstić information content (AvgIpc) is 1.94. The zero-order valence-electron chi connectivity index (χ0n) is 7.03. The summed E-state index contributed by atoms with van der Waals surface area (Å²) < 4.78 is 0. The Morgan fingerprint density at radius 2 is 2.33 bits per heavy atom. The normalized spacial score (nSPS) is 36.6. The first-order valence-electron chi connectivity index (χ1n) is 3.95. The number of carbonyl (C=O) groups is 1. The van der Waals surface area contributed by atoms with Gasteiger partial charge in [0.15, 0.2) is 5.72 Å². The van der Waals surface area contributed by atoms with Crippen molar-refractivity contribution >= 4 is 6.09 Å². The highest BCUT2D eigenvalue weighted by molar-refractivity contribution is 5.66. The first kappa shape index (κ1) is 9.28. The van der Waals surface area contributed by atoms with Crippen molar-refractivity contribution in [1.82, 2.24) is 4.90 Å². The maximum atomic E-state index is 10.6. The lowest BCUT2D eigenvalue weighted by molar-refractivity contribution is -0.112. The van der Waals surface area contributed by atoms with Crippen molar-refractivity contribution in [3.63, 3.8) is 0 Å². The zero-order chi connectivity index (χ0) is 9.35. The van der Waals surface area contributed by atoms with Crippen LogP contribution in [0.25, 0.3) is 0 Å². The lowest BCUT2D eigenvalue weighted by Gasteiger charge is -2.43. The topological polar surface area (TPSA) is 86.8 Å². The van der Waals surface area contributed by atoms with E-state index >= 15 is 0 Å². The number of piperidine rings is 1. The van der Waals surface area contributed by atoms with Crippen LogP contribution in [-0.2, 0) is 0 Å². The molecule has 70 valence electrons. The Labute approximate surface area is 70.8 Å². The molecule has 0 bridgehead atoms. The van der Waals surface area contributed by atoms with Crippen molar-refractivity contribution in [3.8, 4) is 0 Å². The van der Waals surface area contributed by atoms with E-state index in [1.165, 1.54) is 6.92 Å².